The lowest BCUT2D eigenvalue weighted by atomic mass is 10.1. The summed E-state index contributed by atoms with van der Waals surface area (Å²) >= 11 is 4.97. The Labute approximate surface area is 86.9 Å². The summed E-state index contributed by atoms with van der Waals surface area (Å²) in [4.78, 5) is 11.1. The van der Waals surface area contributed by atoms with Crippen molar-refractivity contribution in [3.8, 4) is 11.3 Å². The zero-order chi connectivity index (χ0) is 9.97. The highest BCUT2D eigenvalue weighted by Gasteiger charge is 2.01. The van der Waals surface area contributed by atoms with Gasteiger partial charge < -0.3 is 4.98 Å². The standard InChI is InChI=1S/C10H9N3S/c1-7-5-12-10(14)13-9(7)8-3-2-4-11-6-8/h2-6H,1H3,(H,12,13,14). The SMILES string of the molecule is Cc1cnc(=S)[nH]c1-c1cccnc1. The number of aromatic amines is 1. The molecule has 2 aromatic rings. The fourth-order valence-corrected chi connectivity index (χ4v) is 1.42. The second-order valence-electron chi connectivity index (χ2n) is 2.99. The van der Waals surface area contributed by atoms with Crippen molar-refractivity contribution in [1.82, 2.24) is 15.0 Å². The summed E-state index contributed by atoms with van der Waals surface area (Å²) in [6.45, 7) is 1.99. The fourth-order valence-electron chi connectivity index (χ4n) is 1.27. The minimum absolute atomic E-state index is 0.495. The van der Waals surface area contributed by atoms with Gasteiger partial charge in [0.2, 0.25) is 0 Å². The van der Waals surface area contributed by atoms with Crippen molar-refractivity contribution in [3.63, 3.8) is 0 Å². The normalized spacial score (nSPS) is 10.1. The number of nitrogens with one attached hydrogen (secondary N) is 1. The van der Waals surface area contributed by atoms with Crippen molar-refractivity contribution in [2.45, 2.75) is 6.92 Å². The molecule has 2 heterocycles. The molecule has 2 aromatic heterocycles. The molecule has 3 nitrogen and oxygen atoms in total. The van der Waals surface area contributed by atoms with Crippen LogP contribution in [0.2, 0.25) is 0 Å². The predicted octanol–water partition coefficient (Wildman–Crippen LogP) is 2.51. The smallest absolute Gasteiger partial charge is 0.197 e. The summed E-state index contributed by atoms with van der Waals surface area (Å²) < 4.78 is 0.495. The van der Waals surface area contributed by atoms with Crippen molar-refractivity contribution in [2.75, 3.05) is 0 Å². The molecule has 0 saturated carbocycles. The predicted molar refractivity (Wildman–Crippen MR) is 57.4 cm³/mol. The third-order valence-corrected chi connectivity index (χ3v) is 2.16. The zero-order valence-electron chi connectivity index (χ0n) is 7.69. The van der Waals surface area contributed by atoms with Crippen molar-refractivity contribution in [1.29, 1.82) is 0 Å². The van der Waals surface area contributed by atoms with Gasteiger partial charge in [-0.15, -0.1) is 0 Å². The fraction of sp³-hybridized carbons (Fsp3) is 0.100. The van der Waals surface area contributed by atoms with Crippen LogP contribution in [0.15, 0.2) is 30.7 Å². The lowest BCUT2D eigenvalue weighted by molar-refractivity contribution is 1.10. The zero-order valence-corrected chi connectivity index (χ0v) is 8.51. The number of hydrogen-bond acceptors (Lipinski definition) is 3. The van der Waals surface area contributed by atoms with E-state index < -0.39 is 0 Å². The Morgan fingerprint density at radius 3 is 2.93 bits per heavy atom. The summed E-state index contributed by atoms with van der Waals surface area (Å²) in [5, 5.41) is 0. The van der Waals surface area contributed by atoms with Crippen molar-refractivity contribution in [3.05, 3.63) is 41.1 Å². The van der Waals surface area contributed by atoms with Gasteiger partial charge in [0.05, 0.1) is 5.69 Å². The van der Waals surface area contributed by atoms with Crippen LogP contribution in [-0.2, 0) is 0 Å². The molecular weight excluding hydrogens is 194 g/mol. The lowest BCUT2D eigenvalue weighted by Gasteiger charge is -2.03. The van der Waals surface area contributed by atoms with E-state index in [4.69, 9.17) is 12.2 Å². The van der Waals surface area contributed by atoms with Crippen molar-refractivity contribution < 1.29 is 0 Å². The third-order valence-electron chi connectivity index (χ3n) is 1.95. The molecule has 0 saturated heterocycles. The van der Waals surface area contributed by atoms with E-state index in [1.807, 2.05) is 19.1 Å². The molecule has 0 aliphatic rings. The van der Waals surface area contributed by atoms with Gasteiger partial charge in [-0.3, -0.25) is 4.98 Å². The molecule has 0 aliphatic carbocycles. The Bertz CT molecular complexity index is 490. The molecule has 70 valence electrons. The minimum Gasteiger partial charge on any atom is -0.330 e. The molecule has 0 amide bonds. The van der Waals surface area contributed by atoms with E-state index >= 15 is 0 Å². The van der Waals surface area contributed by atoms with Gasteiger partial charge in [-0.2, -0.15) is 0 Å². The highest BCUT2D eigenvalue weighted by atomic mass is 32.1. The molecular formula is C10H9N3S. The monoisotopic (exact) mass is 203 g/mol. The molecule has 0 atom stereocenters. The van der Waals surface area contributed by atoms with Crippen LogP contribution in [0, 0.1) is 11.7 Å². The largest absolute Gasteiger partial charge is 0.330 e. The summed E-state index contributed by atoms with van der Waals surface area (Å²) in [6.07, 6.45) is 5.31. The quantitative estimate of drug-likeness (QED) is 0.724. The van der Waals surface area contributed by atoms with Gasteiger partial charge in [-0.25, -0.2) is 4.98 Å². The van der Waals surface area contributed by atoms with Crippen LogP contribution in [0.5, 0.6) is 0 Å². The summed E-state index contributed by atoms with van der Waals surface area (Å²) in [6, 6.07) is 3.88. The molecule has 4 heteroatoms. The Balaban J connectivity index is 2.62. The number of H-pyrrole nitrogens is 1. The van der Waals surface area contributed by atoms with E-state index in [1.165, 1.54) is 0 Å². The first-order valence-electron chi connectivity index (χ1n) is 4.24. The maximum Gasteiger partial charge on any atom is 0.197 e. The van der Waals surface area contributed by atoms with E-state index in [2.05, 4.69) is 15.0 Å². The van der Waals surface area contributed by atoms with Crippen LogP contribution >= 0.6 is 12.2 Å². The molecule has 0 fully saturated rings. The Hall–Kier alpha value is -1.55. The van der Waals surface area contributed by atoms with Crippen LogP contribution in [0.4, 0.5) is 0 Å². The highest BCUT2D eigenvalue weighted by molar-refractivity contribution is 7.71. The molecule has 0 unspecified atom stereocenters. The van der Waals surface area contributed by atoms with E-state index in [-0.39, 0.29) is 0 Å². The number of aryl methyl sites for hydroxylation is 1. The molecule has 14 heavy (non-hydrogen) atoms. The highest BCUT2D eigenvalue weighted by Crippen LogP contribution is 2.17. The molecule has 0 spiro atoms. The van der Waals surface area contributed by atoms with Gasteiger partial charge in [-0.05, 0) is 36.8 Å². The molecule has 2 rings (SSSR count). The van der Waals surface area contributed by atoms with E-state index in [0.29, 0.717) is 4.77 Å². The van der Waals surface area contributed by atoms with Crippen molar-refractivity contribution in [2.24, 2.45) is 0 Å². The second kappa shape index (κ2) is 3.67. The van der Waals surface area contributed by atoms with Crippen LogP contribution in [-0.4, -0.2) is 15.0 Å². The van der Waals surface area contributed by atoms with Gasteiger partial charge in [0.15, 0.2) is 4.77 Å². The van der Waals surface area contributed by atoms with Crippen LogP contribution in [0.25, 0.3) is 11.3 Å². The molecule has 0 radical (unpaired) electrons. The average Bonchev–Trinajstić information content (AvgIpc) is 2.23. The Morgan fingerprint density at radius 1 is 1.36 bits per heavy atom. The molecule has 0 aliphatic heterocycles. The van der Waals surface area contributed by atoms with Gasteiger partial charge in [0.1, 0.15) is 0 Å². The van der Waals surface area contributed by atoms with Gasteiger partial charge >= 0.3 is 0 Å². The van der Waals surface area contributed by atoms with Crippen LogP contribution < -0.4 is 0 Å². The first-order valence-corrected chi connectivity index (χ1v) is 4.64. The van der Waals surface area contributed by atoms with Crippen LogP contribution in [0.1, 0.15) is 5.56 Å². The molecule has 0 aromatic carbocycles. The second-order valence-corrected chi connectivity index (χ2v) is 3.37. The number of aromatic nitrogens is 3. The average molecular weight is 203 g/mol. The van der Waals surface area contributed by atoms with E-state index in [1.54, 1.807) is 18.6 Å². The van der Waals surface area contributed by atoms with Crippen LogP contribution in [0.3, 0.4) is 0 Å². The first kappa shape index (κ1) is 9.02. The molecule has 1 N–H and O–H groups in total. The summed E-state index contributed by atoms with van der Waals surface area (Å²) in [5.41, 5.74) is 3.07. The summed E-state index contributed by atoms with van der Waals surface area (Å²) in [5.74, 6) is 0. The van der Waals surface area contributed by atoms with E-state index in [0.717, 1.165) is 16.8 Å². The molecule has 0 bridgehead atoms. The summed E-state index contributed by atoms with van der Waals surface area (Å²) in [7, 11) is 0. The maximum atomic E-state index is 4.97. The lowest BCUT2D eigenvalue weighted by Crippen LogP contribution is -1.91. The van der Waals surface area contributed by atoms with Gasteiger partial charge in [-0.1, -0.05) is 0 Å². The van der Waals surface area contributed by atoms with E-state index in [9.17, 15) is 0 Å². The van der Waals surface area contributed by atoms with Crippen molar-refractivity contribution >= 4 is 12.2 Å². The van der Waals surface area contributed by atoms with Gasteiger partial charge in [0.25, 0.3) is 0 Å². The van der Waals surface area contributed by atoms with Gasteiger partial charge in [0, 0.05) is 24.2 Å². The third kappa shape index (κ3) is 1.70. The maximum absolute atomic E-state index is 4.97. The first-order chi connectivity index (χ1) is 6.77. The number of nitrogens with zero attached hydrogens (tertiary/aromatic N) is 2. The number of hydrogen-bond donors (Lipinski definition) is 1. The Morgan fingerprint density at radius 2 is 2.21 bits per heavy atom. The minimum atomic E-state index is 0.495. The number of rotatable bonds is 1. The number of pyridine rings is 1. The topological polar surface area (TPSA) is 41.6 Å². The Kier molecular flexibility index (Phi) is 2.37.